The highest BCUT2D eigenvalue weighted by atomic mass is 79.9. The number of aromatic nitrogens is 3. The largest absolute Gasteiger partial charge is 0.337 e. The summed E-state index contributed by atoms with van der Waals surface area (Å²) in [6, 6.07) is 9.51. The molecule has 2 heterocycles. The highest BCUT2D eigenvalue weighted by Gasteiger charge is 2.13. The molecule has 22 heavy (non-hydrogen) atoms. The molecule has 0 saturated heterocycles. The first-order chi connectivity index (χ1) is 10.6. The van der Waals surface area contributed by atoms with Crippen molar-refractivity contribution >= 4 is 50.1 Å². The summed E-state index contributed by atoms with van der Waals surface area (Å²) in [5.74, 6) is 1.66. The Kier molecular flexibility index (Phi) is 4.27. The fourth-order valence-electron chi connectivity index (χ4n) is 2.06. The van der Waals surface area contributed by atoms with Crippen LogP contribution in [0, 0.1) is 0 Å². The SMILES string of the molecule is CC(C)c1nc(Nc2cccc(Br)c2Cl)c2ncccc2n1. The van der Waals surface area contributed by atoms with Crippen LogP contribution in [-0.2, 0) is 0 Å². The van der Waals surface area contributed by atoms with Crippen molar-refractivity contribution in [1.29, 1.82) is 0 Å². The number of halogens is 2. The number of nitrogens with one attached hydrogen (secondary N) is 1. The van der Waals surface area contributed by atoms with E-state index in [1.165, 1.54) is 0 Å². The second-order valence-electron chi connectivity index (χ2n) is 5.18. The van der Waals surface area contributed by atoms with Gasteiger partial charge in [-0.05, 0) is 40.2 Å². The minimum absolute atomic E-state index is 0.225. The summed E-state index contributed by atoms with van der Waals surface area (Å²) in [4.78, 5) is 13.6. The smallest absolute Gasteiger partial charge is 0.160 e. The summed E-state index contributed by atoms with van der Waals surface area (Å²) in [5.41, 5.74) is 2.31. The van der Waals surface area contributed by atoms with Crippen LogP contribution < -0.4 is 5.32 Å². The second kappa shape index (κ2) is 6.18. The number of rotatable bonds is 3. The van der Waals surface area contributed by atoms with E-state index >= 15 is 0 Å². The Morgan fingerprint density at radius 2 is 1.95 bits per heavy atom. The van der Waals surface area contributed by atoms with Gasteiger partial charge in [0.2, 0.25) is 0 Å². The van der Waals surface area contributed by atoms with Crippen molar-refractivity contribution in [3.05, 3.63) is 51.8 Å². The molecule has 0 saturated carbocycles. The molecular weight excluding hydrogens is 364 g/mol. The van der Waals surface area contributed by atoms with Gasteiger partial charge in [0.25, 0.3) is 0 Å². The number of anilines is 2. The molecule has 0 radical (unpaired) electrons. The zero-order valence-corrected chi connectivity index (χ0v) is 14.5. The Labute approximate surface area is 142 Å². The first-order valence-electron chi connectivity index (χ1n) is 6.90. The van der Waals surface area contributed by atoms with Gasteiger partial charge in [0, 0.05) is 16.6 Å². The number of hydrogen-bond donors (Lipinski definition) is 1. The van der Waals surface area contributed by atoms with Gasteiger partial charge in [-0.1, -0.05) is 31.5 Å². The number of nitrogens with zero attached hydrogens (tertiary/aromatic N) is 3. The molecule has 0 aliphatic carbocycles. The van der Waals surface area contributed by atoms with E-state index in [0.29, 0.717) is 10.8 Å². The minimum atomic E-state index is 0.225. The zero-order chi connectivity index (χ0) is 15.7. The molecule has 0 aliphatic heterocycles. The number of fused-ring (bicyclic) bond motifs is 1. The monoisotopic (exact) mass is 376 g/mol. The number of hydrogen-bond acceptors (Lipinski definition) is 4. The fourth-order valence-corrected chi connectivity index (χ4v) is 2.60. The van der Waals surface area contributed by atoms with Crippen molar-refractivity contribution in [2.75, 3.05) is 5.32 Å². The molecule has 4 nitrogen and oxygen atoms in total. The van der Waals surface area contributed by atoms with Crippen LogP contribution in [-0.4, -0.2) is 15.0 Å². The van der Waals surface area contributed by atoms with Crippen molar-refractivity contribution in [1.82, 2.24) is 15.0 Å². The lowest BCUT2D eigenvalue weighted by Gasteiger charge is -2.13. The van der Waals surface area contributed by atoms with E-state index in [-0.39, 0.29) is 5.92 Å². The second-order valence-corrected chi connectivity index (χ2v) is 6.41. The van der Waals surface area contributed by atoms with E-state index in [4.69, 9.17) is 11.6 Å². The van der Waals surface area contributed by atoms with E-state index in [9.17, 15) is 0 Å². The molecule has 0 bridgehead atoms. The van der Waals surface area contributed by atoms with Crippen LogP contribution in [0.25, 0.3) is 11.0 Å². The normalized spacial score (nSPS) is 11.1. The molecule has 112 valence electrons. The highest BCUT2D eigenvalue weighted by Crippen LogP contribution is 2.33. The lowest BCUT2D eigenvalue weighted by molar-refractivity contribution is 0.784. The lowest BCUT2D eigenvalue weighted by Crippen LogP contribution is -2.04. The average Bonchev–Trinajstić information content (AvgIpc) is 2.51. The summed E-state index contributed by atoms with van der Waals surface area (Å²) >= 11 is 9.75. The van der Waals surface area contributed by atoms with E-state index in [2.05, 4.69) is 50.0 Å². The molecule has 0 atom stereocenters. The Bertz CT molecular complexity index is 835. The molecule has 6 heteroatoms. The van der Waals surface area contributed by atoms with Crippen molar-refractivity contribution in [3.63, 3.8) is 0 Å². The van der Waals surface area contributed by atoms with Crippen LogP contribution in [0.3, 0.4) is 0 Å². The van der Waals surface area contributed by atoms with E-state index in [1.54, 1.807) is 6.20 Å². The van der Waals surface area contributed by atoms with Crippen LogP contribution in [0.2, 0.25) is 5.02 Å². The molecule has 1 aromatic carbocycles. The Hall–Kier alpha value is -1.72. The zero-order valence-electron chi connectivity index (χ0n) is 12.1. The summed E-state index contributed by atoms with van der Waals surface area (Å²) in [6.45, 7) is 4.13. The summed E-state index contributed by atoms with van der Waals surface area (Å²) < 4.78 is 0.828. The third kappa shape index (κ3) is 2.91. The molecule has 0 aliphatic rings. The molecule has 3 rings (SSSR count). The first-order valence-corrected chi connectivity index (χ1v) is 8.07. The third-order valence-electron chi connectivity index (χ3n) is 3.19. The molecule has 0 spiro atoms. The molecule has 2 aromatic heterocycles. The van der Waals surface area contributed by atoms with Gasteiger partial charge in [0.15, 0.2) is 5.82 Å². The minimum Gasteiger partial charge on any atom is -0.337 e. The van der Waals surface area contributed by atoms with Crippen molar-refractivity contribution < 1.29 is 0 Å². The molecule has 1 N–H and O–H groups in total. The Balaban J connectivity index is 2.15. The van der Waals surface area contributed by atoms with Gasteiger partial charge in [-0.15, -0.1) is 0 Å². The van der Waals surface area contributed by atoms with Gasteiger partial charge in [-0.2, -0.15) is 0 Å². The molecule has 0 amide bonds. The third-order valence-corrected chi connectivity index (χ3v) is 4.49. The summed E-state index contributed by atoms with van der Waals surface area (Å²) in [7, 11) is 0. The molecule has 0 unspecified atom stereocenters. The molecular formula is C16H14BrClN4. The van der Waals surface area contributed by atoms with Crippen LogP contribution in [0.1, 0.15) is 25.6 Å². The Morgan fingerprint density at radius 1 is 1.14 bits per heavy atom. The van der Waals surface area contributed by atoms with Crippen molar-refractivity contribution in [2.45, 2.75) is 19.8 Å². The van der Waals surface area contributed by atoms with Gasteiger partial charge in [-0.3, -0.25) is 4.98 Å². The average molecular weight is 378 g/mol. The van der Waals surface area contributed by atoms with Gasteiger partial charge >= 0.3 is 0 Å². The predicted molar refractivity (Wildman–Crippen MR) is 93.9 cm³/mol. The summed E-state index contributed by atoms with van der Waals surface area (Å²) in [6.07, 6.45) is 1.73. The van der Waals surface area contributed by atoms with Gasteiger partial charge in [-0.25, -0.2) is 9.97 Å². The van der Waals surface area contributed by atoms with E-state index in [1.807, 2.05) is 30.3 Å². The maximum atomic E-state index is 6.32. The van der Waals surface area contributed by atoms with Crippen LogP contribution >= 0.6 is 27.5 Å². The fraction of sp³-hybridized carbons (Fsp3) is 0.188. The Morgan fingerprint density at radius 3 is 2.73 bits per heavy atom. The van der Waals surface area contributed by atoms with Crippen LogP contribution in [0.15, 0.2) is 41.0 Å². The maximum Gasteiger partial charge on any atom is 0.160 e. The summed E-state index contributed by atoms with van der Waals surface area (Å²) in [5, 5.41) is 3.88. The number of benzene rings is 1. The van der Waals surface area contributed by atoms with Crippen LogP contribution in [0.5, 0.6) is 0 Å². The van der Waals surface area contributed by atoms with Crippen LogP contribution in [0.4, 0.5) is 11.5 Å². The van der Waals surface area contributed by atoms with Crippen molar-refractivity contribution in [3.8, 4) is 0 Å². The van der Waals surface area contributed by atoms with Crippen molar-refractivity contribution in [2.24, 2.45) is 0 Å². The van der Waals surface area contributed by atoms with Gasteiger partial charge in [0.1, 0.15) is 11.3 Å². The molecule has 0 fully saturated rings. The lowest BCUT2D eigenvalue weighted by atomic mass is 10.2. The quantitative estimate of drug-likeness (QED) is 0.672. The van der Waals surface area contributed by atoms with E-state index in [0.717, 1.165) is 27.0 Å². The first kappa shape index (κ1) is 15.2. The van der Waals surface area contributed by atoms with E-state index < -0.39 is 0 Å². The van der Waals surface area contributed by atoms with Gasteiger partial charge < -0.3 is 5.32 Å². The topological polar surface area (TPSA) is 50.7 Å². The molecule has 3 aromatic rings. The predicted octanol–water partition coefficient (Wildman–Crippen LogP) is 5.31. The maximum absolute atomic E-state index is 6.32. The highest BCUT2D eigenvalue weighted by molar-refractivity contribution is 9.10. The van der Waals surface area contributed by atoms with Gasteiger partial charge in [0.05, 0.1) is 16.2 Å². The standard InChI is InChI=1S/C16H14BrClN4/c1-9(2)15-21-12-7-4-8-19-14(12)16(22-15)20-11-6-3-5-10(17)13(11)18/h3-9H,1-2H3,(H,20,21,22). The number of pyridine rings is 1.